The molecule has 0 spiro atoms. The second-order valence-corrected chi connectivity index (χ2v) is 5.31. The van der Waals surface area contributed by atoms with Crippen molar-refractivity contribution >= 4 is 17.4 Å². The molecule has 0 unspecified atom stereocenters. The van der Waals surface area contributed by atoms with Crippen LogP contribution in [0.3, 0.4) is 0 Å². The molecule has 2 N–H and O–H groups in total. The number of nitrogens with two attached hydrogens (primary N) is 1. The molecule has 0 aliphatic rings. The molecule has 0 aliphatic carbocycles. The zero-order valence-electron chi connectivity index (χ0n) is 12.0. The van der Waals surface area contributed by atoms with E-state index in [1.807, 2.05) is 19.0 Å². The van der Waals surface area contributed by atoms with Gasteiger partial charge in [-0.25, -0.2) is 4.68 Å². The van der Waals surface area contributed by atoms with Gasteiger partial charge in [0.15, 0.2) is 0 Å². The normalized spacial score (nSPS) is 11.3. The van der Waals surface area contributed by atoms with Gasteiger partial charge in [-0.2, -0.15) is 5.10 Å². The predicted octanol–water partition coefficient (Wildman–Crippen LogP) is 0.0312. The minimum absolute atomic E-state index is 0.0559. The standard InChI is InChI=1S/C12H18ClN7O/c1-18(2)3-4-20-12(10(13)6-15-20)11(21)8-19-7-9(5-14)16-17-19/h6-7H,3-5,8,14H2,1-2H3. The number of ketones is 1. The summed E-state index contributed by atoms with van der Waals surface area (Å²) in [5.41, 5.74) is 6.49. The number of likely N-dealkylation sites (N-methyl/N-ethyl adjacent to an activating group) is 1. The molecule has 0 amide bonds. The molecule has 2 rings (SSSR count). The monoisotopic (exact) mass is 311 g/mol. The van der Waals surface area contributed by atoms with E-state index < -0.39 is 0 Å². The van der Waals surface area contributed by atoms with Crippen LogP contribution in [-0.2, 0) is 19.6 Å². The summed E-state index contributed by atoms with van der Waals surface area (Å²) in [6, 6.07) is 0. The van der Waals surface area contributed by atoms with Crippen LogP contribution in [0.4, 0.5) is 0 Å². The lowest BCUT2D eigenvalue weighted by Gasteiger charge is -2.11. The molecule has 114 valence electrons. The Labute approximate surface area is 127 Å². The zero-order chi connectivity index (χ0) is 15.4. The molecule has 2 heterocycles. The summed E-state index contributed by atoms with van der Waals surface area (Å²) in [7, 11) is 3.91. The Morgan fingerprint density at radius 1 is 1.48 bits per heavy atom. The van der Waals surface area contributed by atoms with E-state index in [2.05, 4.69) is 15.4 Å². The average Bonchev–Trinajstić information content (AvgIpc) is 3.02. The molecule has 2 aromatic rings. The highest BCUT2D eigenvalue weighted by molar-refractivity contribution is 6.33. The maximum Gasteiger partial charge on any atom is 0.203 e. The van der Waals surface area contributed by atoms with Crippen molar-refractivity contribution in [3.05, 3.63) is 28.8 Å². The SMILES string of the molecule is CN(C)CCn1ncc(Cl)c1C(=O)Cn1cc(CN)nn1. The minimum atomic E-state index is -0.162. The number of aromatic nitrogens is 5. The number of carbonyl (C=O) groups is 1. The topological polar surface area (TPSA) is 94.9 Å². The molecule has 2 aromatic heterocycles. The van der Waals surface area contributed by atoms with Gasteiger partial charge < -0.3 is 10.6 Å². The van der Waals surface area contributed by atoms with Crippen molar-refractivity contribution in [3.63, 3.8) is 0 Å². The van der Waals surface area contributed by atoms with Crippen LogP contribution in [0.2, 0.25) is 5.02 Å². The summed E-state index contributed by atoms with van der Waals surface area (Å²) in [6.45, 7) is 1.70. The average molecular weight is 312 g/mol. The fraction of sp³-hybridized carbons (Fsp3) is 0.500. The van der Waals surface area contributed by atoms with E-state index in [0.717, 1.165) is 6.54 Å². The van der Waals surface area contributed by atoms with Crippen molar-refractivity contribution in [2.45, 2.75) is 19.6 Å². The smallest absolute Gasteiger partial charge is 0.203 e. The second kappa shape index (κ2) is 6.79. The Bertz CT molecular complexity index is 619. The van der Waals surface area contributed by atoms with E-state index in [9.17, 15) is 4.79 Å². The maximum atomic E-state index is 12.4. The van der Waals surface area contributed by atoms with Gasteiger partial charge in [0.25, 0.3) is 0 Å². The van der Waals surface area contributed by atoms with Crippen LogP contribution >= 0.6 is 11.6 Å². The minimum Gasteiger partial charge on any atom is -0.325 e. The molecule has 0 saturated carbocycles. The Hall–Kier alpha value is -1.77. The Morgan fingerprint density at radius 3 is 2.86 bits per heavy atom. The number of hydrogen-bond acceptors (Lipinski definition) is 6. The van der Waals surface area contributed by atoms with Gasteiger partial charge >= 0.3 is 0 Å². The third kappa shape index (κ3) is 3.87. The van der Waals surface area contributed by atoms with Gasteiger partial charge in [0.2, 0.25) is 5.78 Å². The zero-order valence-corrected chi connectivity index (χ0v) is 12.8. The second-order valence-electron chi connectivity index (χ2n) is 4.90. The van der Waals surface area contributed by atoms with E-state index in [-0.39, 0.29) is 18.9 Å². The summed E-state index contributed by atoms with van der Waals surface area (Å²) in [5.74, 6) is -0.162. The van der Waals surface area contributed by atoms with Crippen LogP contribution in [0.1, 0.15) is 16.2 Å². The Kier molecular flexibility index (Phi) is 5.05. The highest BCUT2D eigenvalue weighted by atomic mass is 35.5. The quantitative estimate of drug-likeness (QED) is 0.725. The molecule has 0 aliphatic heterocycles. The van der Waals surface area contributed by atoms with Crippen molar-refractivity contribution in [3.8, 4) is 0 Å². The van der Waals surface area contributed by atoms with Gasteiger partial charge in [-0.3, -0.25) is 9.48 Å². The van der Waals surface area contributed by atoms with Crippen LogP contribution < -0.4 is 5.73 Å². The van der Waals surface area contributed by atoms with Crippen LogP contribution in [0.15, 0.2) is 12.4 Å². The van der Waals surface area contributed by atoms with Crippen molar-refractivity contribution in [2.75, 3.05) is 20.6 Å². The van der Waals surface area contributed by atoms with E-state index in [1.165, 1.54) is 10.9 Å². The van der Waals surface area contributed by atoms with Crippen molar-refractivity contribution in [2.24, 2.45) is 5.73 Å². The number of hydrogen-bond donors (Lipinski definition) is 1. The van der Waals surface area contributed by atoms with Gasteiger partial charge in [0, 0.05) is 13.1 Å². The number of nitrogens with zero attached hydrogens (tertiary/aromatic N) is 6. The van der Waals surface area contributed by atoms with Crippen LogP contribution in [0.25, 0.3) is 0 Å². The first-order chi connectivity index (χ1) is 10.0. The molecule has 0 saturated heterocycles. The van der Waals surface area contributed by atoms with Crippen LogP contribution in [0.5, 0.6) is 0 Å². The molecule has 0 radical (unpaired) electrons. The van der Waals surface area contributed by atoms with Crippen molar-refractivity contribution in [1.82, 2.24) is 29.7 Å². The third-order valence-corrected chi connectivity index (χ3v) is 3.20. The lowest BCUT2D eigenvalue weighted by Crippen LogP contribution is -2.23. The highest BCUT2D eigenvalue weighted by Crippen LogP contribution is 2.16. The lowest BCUT2D eigenvalue weighted by molar-refractivity contribution is 0.0955. The molecule has 0 atom stereocenters. The van der Waals surface area contributed by atoms with Crippen molar-refractivity contribution < 1.29 is 4.79 Å². The van der Waals surface area contributed by atoms with Gasteiger partial charge in [-0.05, 0) is 14.1 Å². The molecule has 21 heavy (non-hydrogen) atoms. The fourth-order valence-electron chi connectivity index (χ4n) is 1.84. The van der Waals surface area contributed by atoms with Crippen molar-refractivity contribution in [1.29, 1.82) is 0 Å². The summed E-state index contributed by atoms with van der Waals surface area (Å²) in [5, 5.41) is 12.2. The fourth-order valence-corrected chi connectivity index (χ4v) is 2.08. The van der Waals surface area contributed by atoms with Gasteiger partial charge in [0.1, 0.15) is 12.2 Å². The molecule has 8 nitrogen and oxygen atoms in total. The molecule has 0 bridgehead atoms. The summed E-state index contributed by atoms with van der Waals surface area (Å²) >= 11 is 6.07. The molecule has 0 fully saturated rings. The van der Waals surface area contributed by atoms with Crippen LogP contribution in [-0.4, -0.2) is 56.1 Å². The Balaban J connectivity index is 2.12. The summed E-state index contributed by atoms with van der Waals surface area (Å²) in [6.07, 6.45) is 3.13. The van der Waals surface area contributed by atoms with E-state index >= 15 is 0 Å². The van der Waals surface area contributed by atoms with Crippen LogP contribution in [0, 0.1) is 0 Å². The number of Topliss-reactive ketones (excluding diaryl/α,β-unsaturated/α-hetero) is 1. The summed E-state index contributed by atoms with van der Waals surface area (Å²) < 4.78 is 3.07. The Morgan fingerprint density at radius 2 is 2.24 bits per heavy atom. The summed E-state index contributed by atoms with van der Waals surface area (Å²) in [4.78, 5) is 14.4. The molecular weight excluding hydrogens is 294 g/mol. The maximum absolute atomic E-state index is 12.4. The first-order valence-electron chi connectivity index (χ1n) is 6.49. The van der Waals surface area contributed by atoms with Gasteiger partial charge in [-0.1, -0.05) is 16.8 Å². The molecule has 0 aromatic carbocycles. The third-order valence-electron chi connectivity index (χ3n) is 2.92. The van der Waals surface area contributed by atoms with Gasteiger partial charge in [0.05, 0.1) is 29.7 Å². The highest BCUT2D eigenvalue weighted by Gasteiger charge is 2.18. The number of rotatable bonds is 7. The van der Waals surface area contributed by atoms with E-state index in [0.29, 0.717) is 23.0 Å². The van der Waals surface area contributed by atoms with Gasteiger partial charge in [-0.15, -0.1) is 5.10 Å². The molecule has 9 heteroatoms. The largest absolute Gasteiger partial charge is 0.325 e. The first-order valence-corrected chi connectivity index (χ1v) is 6.87. The lowest BCUT2D eigenvalue weighted by atomic mass is 10.3. The number of halogens is 1. The predicted molar refractivity (Wildman–Crippen MR) is 78.0 cm³/mol. The van der Waals surface area contributed by atoms with E-state index in [1.54, 1.807) is 10.9 Å². The molecular formula is C12H18ClN7O. The number of carbonyl (C=O) groups excluding carboxylic acids is 1. The van der Waals surface area contributed by atoms with E-state index in [4.69, 9.17) is 17.3 Å². The first kappa shape index (κ1) is 15.6.